The maximum Gasteiger partial charge on any atom is 0.148 e. The van der Waals surface area contributed by atoms with Crippen LogP contribution in [0.1, 0.15) is 5.56 Å². The monoisotopic (exact) mass is 307 g/mol. The minimum atomic E-state index is -0.149. The van der Waals surface area contributed by atoms with E-state index in [1.807, 2.05) is 29.2 Å². The summed E-state index contributed by atoms with van der Waals surface area (Å²) in [4.78, 5) is 0. The number of halogens is 2. The normalized spacial score (nSPS) is 11.0. The summed E-state index contributed by atoms with van der Waals surface area (Å²) >= 11 is 2.14. The maximum absolute atomic E-state index is 13.5. The fourth-order valence-corrected chi connectivity index (χ4v) is 2.75. The van der Waals surface area contributed by atoms with Gasteiger partial charge in [-0.2, -0.15) is 0 Å². The van der Waals surface area contributed by atoms with E-state index in [9.17, 15) is 4.39 Å². The van der Waals surface area contributed by atoms with Crippen molar-refractivity contribution in [3.8, 4) is 0 Å². The van der Waals surface area contributed by atoms with E-state index in [0.29, 0.717) is 5.52 Å². The third-order valence-electron chi connectivity index (χ3n) is 1.92. The molecule has 68 valence electrons. The van der Waals surface area contributed by atoms with Gasteiger partial charge >= 0.3 is 0 Å². The van der Waals surface area contributed by atoms with Gasteiger partial charge in [0.05, 0.1) is 5.52 Å². The highest BCUT2D eigenvalue weighted by atomic mass is 127. The van der Waals surface area contributed by atoms with Gasteiger partial charge in [-0.1, -0.05) is 0 Å². The Hall–Kier alpha value is -0.230. The first-order valence-electron chi connectivity index (χ1n) is 3.78. The minimum absolute atomic E-state index is 0.149. The molecule has 0 N–H and O–H groups in total. The van der Waals surface area contributed by atoms with Crippen molar-refractivity contribution >= 4 is 41.2 Å². The van der Waals surface area contributed by atoms with E-state index < -0.39 is 0 Å². The van der Waals surface area contributed by atoms with Gasteiger partial charge in [-0.05, 0) is 30.7 Å². The lowest BCUT2D eigenvalue weighted by molar-refractivity contribution is 0.635. The first-order chi connectivity index (χ1) is 6.22. The average molecular weight is 307 g/mol. The van der Waals surface area contributed by atoms with Gasteiger partial charge in [-0.3, -0.25) is 3.97 Å². The Bertz CT molecular complexity index is 452. The molecule has 0 aliphatic rings. The number of benzene rings is 1. The van der Waals surface area contributed by atoms with Crippen LogP contribution in [0.15, 0.2) is 24.4 Å². The first-order valence-corrected chi connectivity index (χ1v) is 7.10. The van der Waals surface area contributed by atoms with Gasteiger partial charge in [0.25, 0.3) is 0 Å². The third kappa shape index (κ3) is 1.57. The quantitative estimate of drug-likeness (QED) is 0.723. The summed E-state index contributed by atoms with van der Waals surface area (Å²) < 4.78 is 15.3. The van der Waals surface area contributed by atoms with E-state index in [1.165, 1.54) is 9.12 Å². The van der Waals surface area contributed by atoms with Gasteiger partial charge < -0.3 is 0 Å². The zero-order valence-corrected chi connectivity index (χ0v) is 9.89. The molecular formula is C9H7FINS. The molecule has 0 saturated carbocycles. The number of rotatable bonds is 1. The van der Waals surface area contributed by atoms with Gasteiger partial charge in [0, 0.05) is 41.9 Å². The molecular weight excluding hydrogens is 300 g/mol. The molecule has 13 heavy (non-hydrogen) atoms. The lowest BCUT2D eigenvalue weighted by Crippen LogP contribution is -1.85. The molecule has 0 radical (unpaired) electrons. The molecule has 0 fully saturated rings. The summed E-state index contributed by atoms with van der Waals surface area (Å²) in [7, 11) is 1.47. The predicted octanol–water partition coefficient (Wildman–Crippen LogP) is 3.94. The Morgan fingerprint density at radius 3 is 2.92 bits per heavy atom. The Morgan fingerprint density at radius 2 is 2.23 bits per heavy atom. The second kappa shape index (κ2) is 3.49. The van der Waals surface area contributed by atoms with E-state index in [1.54, 1.807) is 6.07 Å². The smallest absolute Gasteiger partial charge is 0.148 e. The molecule has 0 spiro atoms. The summed E-state index contributed by atoms with van der Waals surface area (Å²) in [6.45, 7) is 1.90. The van der Waals surface area contributed by atoms with Crippen LogP contribution in [0.2, 0.25) is 0 Å². The number of fused-ring (bicyclic) bond motifs is 1. The van der Waals surface area contributed by atoms with Crippen molar-refractivity contribution in [2.75, 3.05) is 0 Å². The SMILES string of the molecule is Cc1cc(F)c2c(ccn2SI)c1. The summed E-state index contributed by atoms with van der Waals surface area (Å²) in [5.74, 6) is -0.149. The van der Waals surface area contributed by atoms with Gasteiger partial charge in [-0.25, -0.2) is 4.39 Å². The molecule has 2 rings (SSSR count). The van der Waals surface area contributed by atoms with Crippen molar-refractivity contribution < 1.29 is 4.39 Å². The Labute approximate surface area is 92.0 Å². The van der Waals surface area contributed by atoms with E-state index in [2.05, 4.69) is 21.2 Å². The Morgan fingerprint density at radius 1 is 1.46 bits per heavy atom. The third-order valence-corrected chi connectivity index (χ3v) is 3.65. The number of aryl methyl sites for hydroxylation is 1. The van der Waals surface area contributed by atoms with Gasteiger partial charge in [0.1, 0.15) is 5.82 Å². The highest BCUT2D eigenvalue weighted by molar-refractivity contribution is 14.2. The lowest BCUT2D eigenvalue weighted by atomic mass is 10.2. The van der Waals surface area contributed by atoms with E-state index in [-0.39, 0.29) is 5.82 Å². The van der Waals surface area contributed by atoms with Crippen LogP contribution in [0.3, 0.4) is 0 Å². The predicted molar refractivity (Wildman–Crippen MR) is 63.6 cm³/mol. The fourth-order valence-electron chi connectivity index (χ4n) is 1.40. The highest BCUT2D eigenvalue weighted by Crippen LogP contribution is 2.27. The van der Waals surface area contributed by atoms with E-state index in [4.69, 9.17) is 0 Å². The number of hydrogen-bond donors (Lipinski definition) is 0. The molecule has 2 aromatic rings. The number of hydrogen-bond acceptors (Lipinski definition) is 1. The molecule has 1 aromatic carbocycles. The summed E-state index contributed by atoms with van der Waals surface area (Å²) in [6.07, 6.45) is 1.88. The van der Waals surface area contributed by atoms with Crippen LogP contribution >= 0.6 is 30.3 Å². The highest BCUT2D eigenvalue weighted by Gasteiger charge is 2.06. The van der Waals surface area contributed by atoms with Crippen LogP contribution in [0.25, 0.3) is 10.9 Å². The van der Waals surface area contributed by atoms with Crippen molar-refractivity contribution in [1.29, 1.82) is 0 Å². The van der Waals surface area contributed by atoms with Crippen LogP contribution in [-0.2, 0) is 0 Å². The molecule has 0 bridgehead atoms. The molecule has 4 heteroatoms. The van der Waals surface area contributed by atoms with E-state index in [0.717, 1.165) is 10.9 Å². The molecule has 0 atom stereocenters. The maximum atomic E-state index is 13.5. The second-order valence-electron chi connectivity index (χ2n) is 2.90. The van der Waals surface area contributed by atoms with Crippen LogP contribution in [-0.4, -0.2) is 3.97 Å². The zero-order valence-electron chi connectivity index (χ0n) is 6.92. The first kappa shape index (κ1) is 9.33. The van der Waals surface area contributed by atoms with Crippen molar-refractivity contribution in [2.45, 2.75) is 6.92 Å². The van der Waals surface area contributed by atoms with E-state index >= 15 is 0 Å². The molecule has 0 aliphatic heterocycles. The van der Waals surface area contributed by atoms with Gasteiger partial charge in [0.2, 0.25) is 0 Å². The van der Waals surface area contributed by atoms with Crippen molar-refractivity contribution in [2.24, 2.45) is 0 Å². The fraction of sp³-hybridized carbons (Fsp3) is 0.111. The molecule has 0 saturated heterocycles. The molecule has 0 amide bonds. The molecule has 1 nitrogen and oxygen atoms in total. The van der Waals surface area contributed by atoms with Crippen molar-refractivity contribution in [3.05, 3.63) is 35.8 Å². The van der Waals surface area contributed by atoms with Crippen LogP contribution in [0.5, 0.6) is 0 Å². The van der Waals surface area contributed by atoms with Gasteiger partial charge in [0.15, 0.2) is 0 Å². The average Bonchev–Trinajstić information content (AvgIpc) is 2.47. The van der Waals surface area contributed by atoms with Crippen LogP contribution in [0.4, 0.5) is 4.39 Å². The molecule has 1 aromatic heterocycles. The largest absolute Gasteiger partial charge is 0.280 e. The summed E-state index contributed by atoms with van der Waals surface area (Å²) in [5, 5.41) is 0.960. The Balaban J connectivity index is 2.82. The van der Waals surface area contributed by atoms with Crippen LogP contribution < -0.4 is 0 Å². The minimum Gasteiger partial charge on any atom is -0.280 e. The lowest BCUT2D eigenvalue weighted by Gasteiger charge is -2.00. The topological polar surface area (TPSA) is 4.93 Å². The summed E-state index contributed by atoms with van der Waals surface area (Å²) in [5.41, 5.74) is 1.63. The standard InChI is InChI=1S/C9H7FINS/c1-6-4-7-2-3-12(13-11)9(7)8(10)5-6/h2-5H,1H3. The van der Waals surface area contributed by atoms with Crippen molar-refractivity contribution in [3.63, 3.8) is 0 Å². The molecule has 0 aliphatic carbocycles. The summed E-state index contributed by atoms with van der Waals surface area (Å²) in [6, 6.07) is 5.48. The number of aromatic nitrogens is 1. The van der Waals surface area contributed by atoms with Crippen molar-refractivity contribution in [1.82, 2.24) is 3.97 Å². The van der Waals surface area contributed by atoms with Crippen LogP contribution in [0, 0.1) is 12.7 Å². The number of nitrogens with zero attached hydrogens (tertiary/aromatic N) is 1. The molecule has 1 heterocycles. The molecule has 0 unspecified atom stereocenters. The van der Waals surface area contributed by atoms with Gasteiger partial charge in [-0.15, -0.1) is 0 Å². The Kier molecular flexibility index (Phi) is 2.51. The second-order valence-corrected chi connectivity index (χ2v) is 4.61. The zero-order chi connectivity index (χ0) is 9.42.